The Morgan fingerprint density at radius 2 is 1.67 bits per heavy atom. The highest BCUT2D eigenvalue weighted by molar-refractivity contribution is 5.99. The lowest BCUT2D eigenvalue weighted by Gasteiger charge is -2.33. The van der Waals surface area contributed by atoms with Crippen LogP contribution >= 0.6 is 0 Å². The Kier molecular flexibility index (Phi) is 9.57. The molecular formula is C35H41N5O3. The first-order chi connectivity index (χ1) is 20.8. The number of H-pyrrole nitrogens is 1. The van der Waals surface area contributed by atoms with Gasteiger partial charge in [-0.05, 0) is 74.8 Å². The number of hydrogen-bond donors (Lipinski definition) is 3. The van der Waals surface area contributed by atoms with Gasteiger partial charge in [0.1, 0.15) is 6.04 Å². The fourth-order valence-electron chi connectivity index (χ4n) is 5.82. The van der Waals surface area contributed by atoms with Crippen LogP contribution in [-0.4, -0.2) is 72.3 Å². The molecule has 0 spiro atoms. The highest BCUT2D eigenvalue weighted by Gasteiger charge is 2.34. The third-order valence-electron chi connectivity index (χ3n) is 8.41. The summed E-state index contributed by atoms with van der Waals surface area (Å²) in [5.41, 5.74) is 4.45. The van der Waals surface area contributed by atoms with Crippen molar-refractivity contribution >= 4 is 34.3 Å². The maximum atomic E-state index is 13.9. The van der Waals surface area contributed by atoms with E-state index in [0.717, 1.165) is 35.0 Å². The molecule has 2 heterocycles. The van der Waals surface area contributed by atoms with Gasteiger partial charge in [0.05, 0.1) is 0 Å². The van der Waals surface area contributed by atoms with E-state index < -0.39 is 6.04 Å². The molecule has 0 bridgehead atoms. The van der Waals surface area contributed by atoms with Crippen molar-refractivity contribution in [2.75, 3.05) is 39.0 Å². The van der Waals surface area contributed by atoms with Gasteiger partial charge in [0.25, 0.3) is 5.91 Å². The molecular weight excluding hydrogens is 538 g/mol. The number of nitrogens with zero attached hydrogens (tertiary/aromatic N) is 2. The maximum absolute atomic E-state index is 13.9. The molecule has 1 saturated heterocycles. The molecule has 3 N–H and O–H groups in total. The summed E-state index contributed by atoms with van der Waals surface area (Å²) in [7, 11) is 4.08. The van der Waals surface area contributed by atoms with Crippen molar-refractivity contribution in [3.63, 3.8) is 0 Å². The second-order valence-electron chi connectivity index (χ2n) is 11.7. The lowest BCUT2D eigenvalue weighted by Crippen LogP contribution is -2.50. The van der Waals surface area contributed by atoms with Gasteiger partial charge in [0.2, 0.25) is 11.8 Å². The van der Waals surface area contributed by atoms with Crippen LogP contribution in [-0.2, 0) is 16.0 Å². The summed E-state index contributed by atoms with van der Waals surface area (Å²) < 4.78 is 0. The molecule has 1 fully saturated rings. The van der Waals surface area contributed by atoms with Crippen molar-refractivity contribution in [2.24, 2.45) is 5.92 Å². The summed E-state index contributed by atoms with van der Waals surface area (Å²) in [6.45, 7) is 3.89. The van der Waals surface area contributed by atoms with E-state index >= 15 is 0 Å². The number of piperidine rings is 1. The van der Waals surface area contributed by atoms with Crippen LogP contribution in [0.5, 0.6) is 0 Å². The number of likely N-dealkylation sites (N-methyl/N-ethyl adjacent to an activating group) is 1. The first-order valence-electron chi connectivity index (χ1n) is 15.1. The van der Waals surface area contributed by atoms with Gasteiger partial charge < -0.3 is 25.4 Å². The predicted octanol–water partition coefficient (Wildman–Crippen LogP) is 5.05. The molecule has 5 rings (SSSR count). The molecule has 1 aliphatic rings. The van der Waals surface area contributed by atoms with E-state index in [-0.39, 0.29) is 29.6 Å². The molecule has 3 aromatic carbocycles. The van der Waals surface area contributed by atoms with Crippen LogP contribution in [0.4, 0.5) is 5.69 Å². The number of carbonyl (C=O) groups is 3. The monoisotopic (exact) mass is 579 g/mol. The summed E-state index contributed by atoms with van der Waals surface area (Å²) >= 11 is 0. The van der Waals surface area contributed by atoms with Crippen molar-refractivity contribution in [2.45, 2.75) is 38.1 Å². The molecule has 0 unspecified atom stereocenters. The summed E-state index contributed by atoms with van der Waals surface area (Å²) in [5.74, 6) is -1.00. The zero-order chi connectivity index (χ0) is 30.3. The largest absolute Gasteiger partial charge is 0.361 e. The lowest BCUT2D eigenvalue weighted by atomic mass is 9.90. The molecule has 2 atom stereocenters. The molecule has 1 aromatic heterocycles. The molecule has 224 valence electrons. The fourth-order valence-corrected chi connectivity index (χ4v) is 5.82. The first-order valence-corrected chi connectivity index (χ1v) is 15.1. The Bertz CT molecular complexity index is 1560. The van der Waals surface area contributed by atoms with Gasteiger partial charge in [0, 0.05) is 59.8 Å². The number of anilines is 1. The van der Waals surface area contributed by atoms with E-state index in [1.807, 2.05) is 100 Å². The molecule has 8 nitrogen and oxygen atoms in total. The number of aromatic amines is 1. The number of carbonyl (C=O) groups excluding carboxylic acids is 3. The first kappa shape index (κ1) is 30.0. The van der Waals surface area contributed by atoms with E-state index in [0.29, 0.717) is 37.2 Å². The minimum absolute atomic E-state index is 0.0162. The van der Waals surface area contributed by atoms with Crippen molar-refractivity contribution in [3.05, 3.63) is 102 Å². The number of likely N-dealkylation sites (tertiary alicyclic amines) is 1. The number of hydrogen-bond acceptors (Lipinski definition) is 4. The third kappa shape index (κ3) is 7.32. The van der Waals surface area contributed by atoms with E-state index in [1.165, 1.54) is 0 Å². The van der Waals surface area contributed by atoms with Crippen LogP contribution in [0, 0.1) is 5.92 Å². The molecule has 0 saturated carbocycles. The van der Waals surface area contributed by atoms with Crippen molar-refractivity contribution in [1.82, 2.24) is 20.1 Å². The maximum Gasteiger partial charge on any atom is 0.253 e. The molecule has 43 heavy (non-hydrogen) atoms. The Balaban J connectivity index is 1.31. The Hall–Kier alpha value is -4.43. The SMILES string of the molecule is C[C@@H](c1c[nH]c2ccccc12)[C@@H](NC(=O)C1CCN(C(=O)c2ccccc2)CC1)C(=O)Nc1cccc(CCN(C)C)c1. The molecule has 0 radical (unpaired) electrons. The standard InChI is InChI=1S/C35H41N5O3/c1-24(30-23-36-31-15-8-7-14-29(30)31)32(34(42)37-28-13-9-10-25(22-28)16-19-39(2)3)38-33(41)26-17-20-40(21-18-26)35(43)27-11-5-4-6-12-27/h4-15,22-24,26,32,36H,16-21H2,1-3H3,(H,37,42)(H,38,41)/t24-,32+/m0/s1. The molecule has 0 aliphatic carbocycles. The fraction of sp³-hybridized carbons (Fsp3) is 0.343. The zero-order valence-corrected chi connectivity index (χ0v) is 25.2. The van der Waals surface area contributed by atoms with Gasteiger partial charge in [-0.25, -0.2) is 0 Å². The van der Waals surface area contributed by atoms with E-state index in [4.69, 9.17) is 0 Å². The number of rotatable bonds is 10. The summed E-state index contributed by atoms with van der Waals surface area (Å²) in [5, 5.41) is 7.22. The van der Waals surface area contributed by atoms with Gasteiger partial charge in [0.15, 0.2) is 0 Å². The van der Waals surface area contributed by atoms with Crippen LogP contribution in [0.25, 0.3) is 10.9 Å². The average molecular weight is 580 g/mol. The topological polar surface area (TPSA) is 97.5 Å². The van der Waals surface area contributed by atoms with Gasteiger partial charge in [-0.1, -0.05) is 55.5 Å². The zero-order valence-electron chi connectivity index (χ0n) is 25.2. The van der Waals surface area contributed by atoms with Crippen LogP contribution in [0.15, 0.2) is 85.1 Å². The lowest BCUT2D eigenvalue weighted by molar-refractivity contribution is -0.130. The predicted molar refractivity (Wildman–Crippen MR) is 171 cm³/mol. The Labute approximate surface area is 253 Å². The minimum Gasteiger partial charge on any atom is -0.361 e. The number of benzene rings is 3. The second kappa shape index (κ2) is 13.7. The normalized spacial score (nSPS) is 15.3. The molecule has 3 amide bonds. The quantitative estimate of drug-likeness (QED) is 0.245. The Morgan fingerprint density at radius 1 is 0.953 bits per heavy atom. The van der Waals surface area contributed by atoms with Gasteiger partial charge in [-0.2, -0.15) is 0 Å². The van der Waals surface area contributed by atoms with Gasteiger partial charge in [-0.3, -0.25) is 14.4 Å². The highest BCUT2D eigenvalue weighted by Crippen LogP contribution is 2.29. The number of para-hydroxylation sites is 1. The van der Waals surface area contributed by atoms with Crippen LogP contribution < -0.4 is 10.6 Å². The van der Waals surface area contributed by atoms with E-state index in [9.17, 15) is 14.4 Å². The average Bonchev–Trinajstić information content (AvgIpc) is 3.47. The van der Waals surface area contributed by atoms with Crippen LogP contribution in [0.1, 0.15) is 47.2 Å². The number of aromatic nitrogens is 1. The molecule has 1 aliphatic heterocycles. The second-order valence-corrected chi connectivity index (χ2v) is 11.7. The van der Waals surface area contributed by atoms with E-state index in [2.05, 4.69) is 26.6 Å². The van der Waals surface area contributed by atoms with Gasteiger partial charge >= 0.3 is 0 Å². The van der Waals surface area contributed by atoms with Gasteiger partial charge in [-0.15, -0.1) is 0 Å². The summed E-state index contributed by atoms with van der Waals surface area (Å²) in [6, 6.07) is 24.3. The minimum atomic E-state index is -0.791. The van der Waals surface area contributed by atoms with Crippen LogP contribution in [0.3, 0.4) is 0 Å². The summed E-state index contributed by atoms with van der Waals surface area (Å²) in [6.07, 6.45) is 3.90. The molecule has 8 heteroatoms. The summed E-state index contributed by atoms with van der Waals surface area (Å²) in [4.78, 5) is 47.7. The van der Waals surface area contributed by atoms with E-state index in [1.54, 1.807) is 4.90 Å². The number of fused-ring (bicyclic) bond motifs is 1. The van der Waals surface area contributed by atoms with Crippen LogP contribution in [0.2, 0.25) is 0 Å². The number of amides is 3. The van der Waals surface area contributed by atoms with Crippen molar-refractivity contribution < 1.29 is 14.4 Å². The Morgan fingerprint density at radius 3 is 2.42 bits per heavy atom. The molecule has 4 aromatic rings. The van der Waals surface area contributed by atoms with Crippen molar-refractivity contribution in [3.8, 4) is 0 Å². The van der Waals surface area contributed by atoms with Crippen molar-refractivity contribution in [1.29, 1.82) is 0 Å². The third-order valence-corrected chi connectivity index (χ3v) is 8.41. The smallest absolute Gasteiger partial charge is 0.253 e. The number of nitrogens with one attached hydrogen (secondary N) is 3. The highest BCUT2D eigenvalue weighted by atomic mass is 16.2.